The van der Waals surface area contributed by atoms with E-state index in [9.17, 15) is 0 Å². The summed E-state index contributed by atoms with van der Waals surface area (Å²) >= 11 is 0. The molecule has 5 heteroatoms. The average Bonchev–Trinajstić information content (AvgIpc) is 2.87. The Bertz CT molecular complexity index is 674. The molecule has 0 saturated carbocycles. The van der Waals surface area contributed by atoms with Gasteiger partial charge in [0.25, 0.3) is 0 Å². The van der Waals surface area contributed by atoms with E-state index in [1.165, 1.54) is 0 Å². The second-order valence-corrected chi connectivity index (χ2v) is 6.74. The lowest BCUT2D eigenvalue weighted by Gasteiger charge is -2.32. The maximum absolute atomic E-state index is 6.17. The Kier molecular flexibility index (Phi) is 3.19. The van der Waals surface area contributed by atoms with Gasteiger partial charge >= 0.3 is 7.12 Å². The van der Waals surface area contributed by atoms with E-state index in [1.807, 2.05) is 6.92 Å². The van der Waals surface area contributed by atoms with Gasteiger partial charge in [-0.2, -0.15) is 0 Å². The van der Waals surface area contributed by atoms with Gasteiger partial charge in [0.1, 0.15) is 0 Å². The molecule has 3 rings (SSSR count). The van der Waals surface area contributed by atoms with Gasteiger partial charge in [-0.05, 0) is 52.7 Å². The van der Waals surface area contributed by atoms with Crippen LogP contribution in [0.25, 0.3) is 11.0 Å². The SMILES string of the molecule is CCc1noc2c(B3OC(C)(C)C(C)(C)O3)c(C)ccc12. The molecule has 4 nitrogen and oxygen atoms in total. The molecule has 112 valence electrons. The zero-order valence-electron chi connectivity index (χ0n) is 13.6. The van der Waals surface area contributed by atoms with Crippen molar-refractivity contribution >= 4 is 23.6 Å². The van der Waals surface area contributed by atoms with Crippen molar-refractivity contribution < 1.29 is 13.8 Å². The lowest BCUT2D eigenvalue weighted by atomic mass is 9.75. The first-order valence-corrected chi connectivity index (χ1v) is 7.50. The maximum Gasteiger partial charge on any atom is 0.499 e. The van der Waals surface area contributed by atoms with E-state index in [-0.39, 0.29) is 11.2 Å². The number of hydrogen-bond donors (Lipinski definition) is 0. The van der Waals surface area contributed by atoms with Crippen molar-refractivity contribution in [1.29, 1.82) is 0 Å². The first kappa shape index (κ1) is 14.6. The minimum atomic E-state index is -0.420. The summed E-state index contributed by atoms with van der Waals surface area (Å²) in [6, 6.07) is 4.15. The molecule has 1 aliphatic heterocycles. The molecule has 2 heterocycles. The molecule has 1 aromatic heterocycles. The Morgan fingerprint density at radius 2 is 1.71 bits per heavy atom. The van der Waals surface area contributed by atoms with Gasteiger partial charge in [0.15, 0.2) is 5.58 Å². The fourth-order valence-corrected chi connectivity index (χ4v) is 2.68. The zero-order chi connectivity index (χ0) is 15.4. The molecular formula is C16H22BNO3. The van der Waals surface area contributed by atoms with E-state index >= 15 is 0 Å². The van der Waals surface area contributed by atoms with Crippen LogP contribution in [0.1, 0.15) is 45.9 Å². The third kappa shape index (κ3) is 2.10. The fourth-order valence-electron chi connectivity index (χ4n) is 2.68. The number of benzene rings is 1. The van der Waals surface area contributed by atoms with E-state index < -0.39 is 7.12 Å². The molecule has 1 fully saturated rings. The minimum absolute atomic E-state index is 0.361. The summed E-state index contributed by atoms with van der Waals surface area (Å²) in [6.45, 7) is 12.3. The summed E-state index contributed by atoms with van der Waals surface area (Å²) in [5.74, 6) is 0. The molecule has 0 N–H and O–H groups in total. The van der Waals surface area contributed by atoms with Crippen LogP contribution in [-0.4, -0.2) is 23.5 Å². The zero-order valence-corrected chi connectivity index (χ0v) is 13.6. The highest BCUT2D eigenvalue weighted by Gasteiger charge is 2.52. The second-order valence-electron chi connectivity index (χ2n) is 6.74. The lowest BCUT2D eigenvalue weighted by Crippen LogP contribution is -2.41. The normalized spacial score (nSPS) is 20.4. The third-order valence-electron chi connectivity index (χ3n) is 4.80. The monoisotopic (exact) mass is 287 g/mol. The molecule has 0 radical (unpaired) electrons. The summed E-state index contributed by atoms with van der Waals surface area (Å²) in [6.07, 6.45) is 0.846. The largest absolute Gasteiger partial charge is 0.499 e. The van der Waals surface area contributed by atoms with Gasteiger partial charge < -0.3 is 13.8 Å². The molecule has 1 aromatic carbocycles. The second kappa shape index (κ2) is 4.58. The molecule has 1 aliphatic rings. The highest BCUT2D eigenvalue weighted by molar-refractivity contribution is 6.65. The van der Waals surface area contributed by atoms with Crippen LogP contribution in [-0.2, 0) is 15.7 Å². The van der Waals surface area contributed by atoms with Crippen molar-refractivity contribution in [3.05, 3.63) is 23.4 Å². The van der Waals surface area contributed by atoms with Crippen molar-refractivity contribution in [3.8, 4) is 0 Å². The Balaban J connectivity index is 2.13. The number of nitrogens with zero attached hydrogens (tertiary/aromatic N) is 1. The number of fused-ring (bicyclic) bond motifs is 1. The minimum Gasteiger partial charge on any atom is -0.399 e. The number of aromatic nitrogens is 1. The predicted octanol–water partition coefficient (Wildman–Crippen LogP) is 3.00. The van der Waals surface area contributed by atoms with Gasteiger partial charge in [0, 0.05) is 10.8 Å². The van der Waals surface area contributed by atoms with Gasteiger partial charge in [0.05, 0.1) is 16.9 Å². The van der Waals surface area contributed by atoms with Gasteiger partial charge in [0.2, 0.25) is 0 Å². The van der Waals surface area contributed by atoms with E-state index in [0.29, 0.717) is 0 Å². The Morgan fingerprint density at radius 3 is 2.29 bits per heavy atom. The quantitative estimate of drug-likeness (QED) is 0.796. The van der Waals surface area contributed by atoms with E-state index in [2.05, 4.69) is 51.9 Å². The van der Waals surface area contributed by atoms with Crippen molar-refractivity contribution in [2.24, 2.45) is 0 Å². The first-order chi connectivity index (χ1) is 9.77. The molecule has 0 spiro atoms. The molecule has 0 amide bonds. The van der Waals surface area contributed by atoms with Crippen LogP contribution in [0.4, 0.5) is 0 Å². The van der Waals surface area contributed by atoms with Crippen LogP contribution in [0, 0.1) is 6.92 Å². The van der Waals surface area contributed by atoms with Crippen LogP contribution >= 0.6 is 0 Å². The summed E-state index contributed by atoms with van der Waals surface area (Å²) in [7, 11) is -0.420. The van der Waals surface area contributed by atoms with Gasteiger partial charge in [-0.25, -0.2) is 0 Å². The molecular weight excluding hydrogens is 265 g/mol. The summed E-state index contributed by atoms with van der Waals surface area (Å²) in [5, 5.41) is 5.22. The lowest BCUT2D eigenvalue weighted by molar-refractivity contribution is 0.00578. The Labute approximate surface area is 125 Å². The Morgan fingerprint density at radius 1 is 1.10 bits per heavy atom. The van der Waals surface area contributed by atoms with Gasteiger partial charge in [-0.1, -0.05) is 18.1 Å². The molecule has 1 saturated heterocycles. The summed E-state index contributed by atoms with van der Waals surface area (Å²) in [4.78, 5) is 0. The molecule has 2 aromatic rings. The van der Waals surface area contributed by atoms with Gasteiger partial charge in [-0.15, -0.1) is 0 Å². The van der Waals surface area contributed by atoms with Crippen molar-refractivity contribution in [3.63, 3.8) is 0 Å². The standard InChI is InChI=1S/C16H22BNO3/c1-7-12-11-9-8-10(2)13(14(11)19-18-12)17-20-15(3,4)16(5,6)21-17/h8-9H,7H2,1-6H3. The molecule has 0 bridgehead atoms. The third-order valence-corrected chi connectivity index (χ3v) is 4.80. The number of aryl methyl sites for hydroxylation is 2. The summed E-state index contributed by atoms with van der Waals surface area (Å²) < 4.78 is 17.9. The first-order valence-electron chi connectivity index (χ1n) is 7.50. The molecule has 0 unspecified atom stereocenters. The van der Waals surface area contributed by atoms with Crippen LogP contribution in [0.2, 0.25) is 0 Å². The fraction of sp³-hybridized carbons (Fsp3) is 0.562. The van der Waals surface area contributed by atoms with Crippen molar-refractivity contribution in [2.45, 2.75) is 59.2 Å². The van der Waals surface area contributed by atoms with Crippen LogP contribution in [0.15, 0.2) is 16.7 Å². The van der Waals surface area contributed by atoms with E-state index in [0.717, 1.165) is 34.1 Å². The van der Waals surface area contributed by atoms with Crippen LogP contribution in [0.3, 0.4) is 0 Å². The van der Waals surface area contributed by atoms with Crippen LogP contribution < -0.4 is 5.46 Å². The maximum atomic E-state index is 6.17. The Hall–Kier alpha value is -1.33. The molecule has 0 aliphatic carbocycles. The van der Waals surface area contributed by atoms with Crippen molar-refractivity contribution in [2.75, 3.05) is 0 Å². The van der Waals surface area contributed by atoms with Crippen LogP contribution in [0.5, 0.6) is 0 Å². The smallest absolute Gasteiger partial charge is 0.399 e. The topological polar surface area (TPSA) is 44.5 Å². The molecule has 0 atom stereocenters. The highest BCUT2D eigenvalue weighted by Crippen LogP contribution is 2.37. The summed E-state index contributed by atoms with van der Waals surface area (Å²) in [5.41, 5.74) is 3.09. The average molecular weight is 287 g/mol. The van der Waals surface area contributed by atoms with E-state index in [1.54, 1.807) is 0 Å². The molecule has 21 heavy (non-hydrogen) atoms. The number of hydrogen-bond acceptors (Lipinski definition) is 4. The predicted molar refractivity (Wildman–Crippen MR) is 83.8 cm³/mol. The van der Waals surface area contributed by atoms with Crippen molar-refractivity contribution in [1.82, 2.24) is 5.16 Å². The van der Waals surface area contributed by atoms with Gasteiger partial charge in [-0.3, -0.25) is 0 Å². The highest BCUT2D eigenvalue weighted by atomic mass is 16.7. The number of rotatable bonds is 2. The van der Waals surface area contributed by atoms with E-state index in [4.69, 9.17) is 13.8 Å².